The van der Waals surface area contributed by atoms with Gasteiger partial charge in [-0.3, -0.25) is 4.79 Å². The molecule has 4 nitrogen and oxygen atoms in total. The number of fused-ring (bicyclic) bond motifs is 1. The number of para-hydroxylation sites is 1. The van der Waals surface area contributed by atoms with Gasteiger partial charge < -0.3 is 10.2 Å². The first-order valence-corrected chi connectivity index (χ1v) is 9.32. The van der Waals surface area contributed by atoms with Crippen molar-refractivity contribution in [1.29, 1.82) is 0 Å². The minimum Gasteiger partial charge on any atom is -0.326 e. The van der Waals surface area contributed by atoms with E-state index in [9.17, 15) is 4.79 Å². The SMILES string of the molecule is Cc1ccc(C)c(NC(=O)c2ccnc(N3CCCc4ccccc43)c2)c1. The lowest BCUT2D eigenvalue weighted by atomic mass is 10.0. The van der Waals surface area contributed by atoms with Crippen LogP contribution in [0.25, 0.3) is 0 Å². The number of aromatic nitrogens is 1. The van der Waals surface area contributed by atoms with Crippen LogP contribution in [0.1, 0.15) is 33.5 Å². The molecule has 0 bridgehead atoms. The van der Waals surface area contributed by atoms with Gasteiger partial charge in [0, 0.05) is 29.7 Å². The molecule has 0 saturated carbocycles. The zero-order chi connectivity index (χ0) is 18.8. The van der Waals surface area contributed by atoms with Crippen LogP contribution in [-0.4, -0.2) is 17.4 Å². The summed E-state index contributed by atoms with van der Waals surface area (Å²) in [7, 11) is 0. The van der Waals surface area contributed by atoms with E-state index in [2.05, 4.69) is 33.4 Å². The second kappa shape index (κ2) is 7.23. The summed E-state index contributed by atoms with van der Waals surface area (Å²) in [5, 5.41) is 3.03. The Balaban J connectivity index is 1.62. The molecular formula is C23H23N3O. The van der Waals surface area contributed by atoms with E-state index in [1.807, 2.05) is 44.2 Å². The molecule has 0 aliphatic carbocycles. The Morgan fingerprint density at radius 2 is 1.93 bits per heavy atom. The highest BCUT2D eigenvalue weighted by atomic mass is 16.1. The lowest BCUT2D eigenvalue weighted by Gasteiger charge is -2.30. The van der Waals surface area contributed by atoms with E-state index in [0.29, 0.717) is 5.56 Å². The Bertz CT molecular complexity index is 996. The van der Waals surface area contributed by atoms with Crippen LogP contribution in [0.5, 0.6) is 0 Å². The van der Waals surface area contributed by atoms with Crippen LogP contribution < -0.4 is 10.2 Å². The van der Waals surface area contributed by atoms with Crippen molar-refractivity contribution in [2.45, 2.75) is 26.7 Å². The van der Waals surface area contributed by atoms with Crippen LogP contribution in [0.3, 0.4) is 0 Å². The standard InChI is InChI=1S/C23H23N3O/c1-16-9-10-17(2)20(14-16)25-23(27)19-11-12-24-22(15-19)26-13-5-7-18-6-3-4-8-21(18)26/h3-4,6,8-12,14-15H,5,7,13H2,1-2H3,(H,25,27). The summed E-state index contributed by atoms with van der Waals surface area (Å²) >= 11 is 0. The first-order chi connectivity index (χ1) is 13.1. The number of anilines is 3. The fraction of sp³-hybridized carbons (Fsp3) is 0.217. The van der Waals surface area contributed by atoms with Crippen molar-refractivity contribution in [1.82, 2.24) is 4.98 Å². The molecule has 0 unspecified atom stereocenters. The van der Waals surface area contributed by atoms with Crippen molar-refractivity contribution in [2.24, 2.45) is 0 Å². The zero-order valence-electron chi connectivity index (χ0n) is 15.7. The smallest absolute Gasteiger partial charge is 0.255 e. The molecule has 1 N–H and O–H groups in total. The van der Waals surface area contributed by atoms with Gasteiger partial charge in [-0.15, -0.1) is 0 Å². The number of aryl methyl sites for hydroxylation is 3. The summed E-state index contributed by atoms with van der Waals surface area (Å²) in [5.41, 5.74) is 6.15. The summed E-state index contributed by atoms with van der Waals surface area (Å²) in [4.78, 5) is 19.5. The quantitative estimate of drug-likeness (QED) is 0.715. The van der Waals surface area contributed by atoms with Crippen molar-refractivity contribution >= 4 is 23.1 Å². The average molecular weight is 357 g/mol. The third-order valence-electron chi connectivity index (χ3n) is 5.04. The van der Waals surface area contributed by atoms with Crippen LogP contribution >= 0.6 is 0 Å². The number of carbonyl (C=O) groups is 1. The fourth-order valence-electron chi connectivity index (χ4n) is 3.54. The Morgan fingerprint density at radius 3 is 2.81 bits per heavy atom. The molecule has 2 heterocycles. The van der Waals surface area contributed by atoms with Gasteiger partial charge in [-0.25, -0.2) is 4.98 Å². The summed E-state index contributed by atoms with van der Waals surface area (Å²) in [6.07, 6.45) is 3.88. The summed E-state index contributed by atoms with van der Waals surface area (Å²) < 4.78 is 0. The molecule has 0 fully saturated rings. The number of hydrogen-bond acceptors (Lipinski definition) is 3. The molecule has 0 radical (unpaired) electrons. The van der Waals surface area contributed by atoms with Gasteiger partial charge in [-0.1, -0.05) is 30.3 Å². The molecule has 136 valence electrons. The van der Waals surface area contributed by atoms with Gasteiger partial charge in [0.2, 0.25) is 0 Å². The van der Waals surface area contributed by atoms with E-state index < -0.39 is 0 Å². The molecule has 1 aliphatic rings. The van der Waals surface area contributed by atoms with Gasteiger partial charge in [-0.2, -0.15) is 0 Å². The third-order valence-corrected chi connectivity index (χ3v) is 5.04. The van der Waals surface area contributed by atoms with E-state index in [-0.39, 0.29) is 5.91 Å². The monoisotopic (exact) mass is 357 g/mol. The largest absolute Gasteiger partial charge is 0.326 e. The number of amides is 1. The first kappa shape index (κ1) is 17.3. The Hall–Kier alpha value is -3.14. The predicted octanol–water partition coefficient (Wildman–Crippen LogP) is 5.04. The van der Waals surface area contributed by atoms with Gasteiger partial charge >= 0.3 is 0 Å². The third kappa shape index (κ3) is 3.56. The highest BCUT2D eigenvalue weighted by Gasteiger charge is 2.19. The molecule has 3 aromatic rings. The highest BCUT2D eigenvalue weighted by molar-refractivity contribution is 6.05. The van der Waals surface area contributed by atoms with Crippen LogP contribution in [-0.2, 0) is 6.42 Å². The second-order valence-electron chi connectivity index (χ2n) is 7.06. The van der Waals surface area contributed by atoms with Crippen LogP contribution in [0.4, 0.5) is 17.2 Å². The van der Waals surface area contributed by atoms with E-state index in [0.717, 1.165) is 42.0 Å². The fourth-order valence-corrected chi connectivity index (χ4v) is 3.54. The average Bonchev–Trinajstić information content (AvgIpc) is 2.70. The topological polar surface area (TPSA) is 45.2 Å². The van der Waals surface area contributed by atoms with Gasteiger partial charge in [0.05, 0.1) is 0 Å². The number of rotatable bonds is 3. The molecule has 0 atom stereocenters. The van der Waals surface area contributed by atoms with Crippen LogP contribution in [0, 0.1) is 13.8 Å². The summed E-state index contributed by atoms with van der Waals surface area (Å²) in [6, 6.07) is 18.1. The highest BCUT2D eigenvalue weighted by Crippen LogP contribution is 2.32. The van der Waals surface area contributed by atoms with Crippen LogP contribution in [0.2, 0.25) is 0 Å². The Labute approximate surface area is 159 Å². The first-order valence-electron chi connectivity index (χ1n) is 9.32. The van der Waals surface area contributed by atoms with E-state index in [1.165, 1.54) is 11.3 Å². The van der Waals surface area contributed by atoms with E-state index in [4.69, 9.17) is 0 Å². The molecule has 4 rings (SSSR count). The molecule has 1 aromatic heterocycles. The summed E-state index contributed by atoms with van der Waals surface area (Å²) in [6.45, 7) is 4.93. The van der Waals surface area contributed by atoms with E-state index in [1.54, 1.807) is 12.3 Å². The Kier molecular flexibility index (Phi) is 4.63. The van der Waals surface area contributed by atoms with Crippen molar-refractivity contribution in [3.8, 4) is 0 Å². The second-order valence-corrected chi connectivity index (χ2v) is 7.06. The van der Waals surface area contributed by atoms with Crippen LogP contribution in [0.15, 0.2) is 60.8 Å². The molecule has 1 aliphatic heterocycles. The van der Waals surface area contributed by atoms with Gasteiger partial charge in [0.1, 0.15) is 5.82 Å². The molecule has 1 amide bonds. The number of pyridine rings is 1. The molecular weight excluding hydrogens is 334 g/mol. The number of nitrogens with one attached hydrogen (secondary N) is 1. The number of carbonyl (C=O) groups excluding carboxylic acids is 1. The van der Waals surface area contributed by atoms with Crippen molar-refractivity contribution in [3.63, 3.8) is 0 Å². The van der Waals surface area contributed by atoms with Gasteiger partial charge in [-0.05, 0) is 67.6 Å². The Morgan fingerprint density at radius 1 is 1.07 bits per heavy atom. The zero-order valence-corrected chi connectivity index (χ0v) is 15.7. The normalized spacial score (nSPS) is 13.2. The molecule has 0 spiro atoms. The maximum Gasteiger partial charge on any atom is 0.255 e. The molecule has 4 heteroatoms. The minimum absolute atomic E-state index is 0.113. The summed E-state index contributed by atoms with van der Waals surface area (Å²) in [5.74, 6) is 0.702. The molecule has 0 saturated heterocycles. The lowest BCUT2D eigenvalue weighted by molar-refractivity contribution is 0.102. The van der Waals surface area contributed by atoms with Crippen molar-refractivity contribution in [2.75, 3.05) is 16.8 Å². The predicted molar refractivity (Wildman–Crippen MR) is 110 cm³/mol. The number of nitrogens with zero attached hydrogens (tertiary/aromatic N) is 2. The van der Waals surface area contributed by atoms with E-state index >= 15 is 0 Å². The maximum atomic E-state index is 12.8. The number of benzene rings is 2. The lowest BCUT2D eigenvalue weighted by Crippen LogP contribution is -2.25. The van der Waals surface area contributed by atoms with Gasteiger partial charge in [0.15, 0.2) is 0 Å². The van der Waals surface area contributed by atoms with Crippen molar-refractivity contribution in [3.05, 3.63) is 83.0 Å². The molecule has 27 heavy (non-hydrogen) atoms. The maximum absolute atomic E-state index is 12.8. The van der Waals surface area contributed by atoms with Gasteiger partial charge in [0.25, 0.3) is 5.91 Å². The van der Waals surface area contributed by atoms with Crippen molar-refractivity contribution < 1.29 is 4.79 Å². The molecule has 2 aromatic carbocycles. The number of hydrogen-bond donors (Lipinski definition) is 1. The minimum atomic E-state index is -0.113.